The fourth-order valence-electron chi connectivity index (χ4n) is 2.49. The zero-order valence-electron chi connectivity index (χ0n) is 14.9. The van der Waals surface area contributed by atoms with Crippen LogP contribution in [0.5, 0.6) is 5.75 Å². The molecule has 1 unspecified atom stereocenters. The van der Waals surface area contributed by atoms with Crippen molar-refractivity contribution in [1.29, 1.82) is 0 Å². The summed E-state index contributed by atoms with van der Waals surface area (Å²) in [5.74, 6) is -0.913. The first-order valence-corrected chi connectivity index (χ1v) is 8.15. The highest BCUT2D eigenvalue weighted by Gasteiger charge is 2.30. The van der Waals surface area contributed by atoms with E-state index < -0.39 is 24.3 Å². The number of rotatable bonds is 7. The summed E-state index contributed by atoms with van der Waals surface area (Å²) in [5.41, 5.74) is -0.154. The standard InChI is InChI=1S/C19H20F4N2O2/c1-25(2)17(13-5-3-7-15(20)9-13)11-24-18(26)12-27-16-8-4-6-14(10-16)19(21,22)23/h3-10,17H,11-12H2,1-2H3,(H,24,26). The number of carbonyl (C=O) groups is 1. The Morgan fingerprint density at radius 1 is 1.15 bits per heavy atom. The number of nitrogens with zero attached hydrogens (tertiary/aromatic N) is 1. The SMILES string of the molecule is CN(C)C(CNC(=O)COc1cccc(C(F)(F)F)c1)c1cccc(F)c1. The van der Waals surface area contributed by atoms with Crippen molar-refractivity contribution in [2.75, 3.05) is 27.2 Å². The van der Waals surface area contributed by atoms with Crippen molar-refractivity contribution >= 4 is 5.91 Å². The summed E-state index contributed by atoms with van der Waals surface area (Å²) in [4.78, 5) is 13.8. The van der Waals surface area contributed by atoms with Gasteiger partial charge in [-0.1, -0.05) is 18.2 Å². The van der Waals surface area contributed by atoms with Crippen LogP contribution in [0, 0.1) is 5.82 Å². The van der Waals surface area contributed by atoms with E-state index in [-0.39, 0.29) is 24.2 Å². The normalized spacial score (nSPS) is 12.7. The van der Waals surface area contributed by atoms with Gasteiger partial charge in [0.2, 0.25) is 0 Å². The molecule has 2 aromatic rings. The van der Waals surface area contributed by atoms with Crippen molar-refractivity contribution in [2.45, 2.75) is 12.2 Å². The van der Waals surface area contributed by atoms with E-state index in [0.29, 0.717) is 5.56 Å². The molecule has 0 saturated carbocycles. The maximum atomic E-state index is 13.4. The molecule has 0 aliphatic carbocycles. The first-order chi connectivity index (χ1) is 12.7. The van der Waals surface area contributed by atoms with E-state index in [0.717, 1.165) is 12.1 Å². The lowest BCUT2D eigenvalue weighted by Gasteiger charge is -2.25. The molecule has 0 aromatic heterocycles. The van der Waals surface area contributed by atoms with Crippen LogP contribution in [0.15, 0.2) is 48.5 Å². The minimum Gasteiger partial charge on any atom is -0.484 e. The van der Waals surface area contributed by atoms with Crippen molar-refractivity contribution in [1.82, 2.24) is 10.2 Å². The van der Waals surface area contributed by atoms with Gasteiger partial charge in [0, 0.05) is 6.54 Å². The van der Waals surface area contributed by atoms with Crippen LogP contribution >= 0.6 is 0 Å². The molecule has 1 amide bonds. The number of carbonyl (C=O) groups excluding carboxylic acids is 1. The fourth-order valence-corrected chi connectivity index (χ4v) is 2.49. The van der Waals surface area contributed by atoms with E-state index in [1.165, 1.54) is 24.3 Å². The van der Waals surface area contributed by atoms with Crippen molar-refractivity contribution < 1.29 is 27.1 Å². The summed E-state index contributed by atoms with van der Waals surface area (Å²) in [7, 11) is 3.59. The third-order valence-electron chi connectivity index (χ3n) is 3.88. The van der Waals surface area contributed by atoms with Crippen LogP contribution in [-0.4, -0.2) is 38.1 Å². The molecule has 1 atom stereocenters. The Kier molecular flexibility index (Phi) is 6.79. The van der Waals surface area contributed by atoms with Crippen molar-refractivity contribution in [3.05, 3.63) is 65.5 Å². The molecule has 0 spiro atoms. The average molecular weight is 384 g/mol. The molecule has 146 valence electrons. The lowest BCUT2D eigenvalue weighted by atomic mass is 10.1. The molecular weight excluding hydrogens is 364 g/mol. The summed E-state index contributed by atoms with van der Waals surface area (Å²) in [5, 5.41) is 2.65. The zero-order valence-corrected chi connectivity index (χ0v) is 14.9. The van der Waals surface area contributed by atoms with Gasteiger partial charge in [-0.15, -0.1) is 0 Å². The first-order valence-electron chi connectivity index (χ1n) is 8.15. The molecule has 2 aromatic carbocycles. The molecule has 2 rings (SSSR count). The predicted molar refractivity (Wildman–Crippen MR) is 92.8 cm³/mol. The summed E-state index contributed by atoms with van der Waals surface area (Å²) >= 11 is 0. The Morgan fingerprint density at radius 3 is 2.48 bits per heavy atom. The molecule has 0 saturated heterocycles. The third kappa shape index (κ3) is 6.25. The molecule has 0 fully saturated rings. The Balaban J connectivity index is 1.91. The van der Waals surface area contributed by atoms with Crippen LogP contribution in [0.3, 0.4) is 0 Å². The minimum atomic E-state index is -4.48. The number of likely N-dealkylation sites (N-methyl/N-ethyl adjacent to an activating group) is 1. The number of nitrogens with one attached hydrogen (secondary N) is 1. The lowest BCUT2D eigenvalue weighted by Crippen LogP contribution is -2.36. The smallest absolute Gasteiger partial charge is 0.416 e. The minimum absolute atomic E-state index is 0.0470. The van der Waals surface area contributed by atoms with Crippen LogP contribution in [0.2, 0.25) is 0 Å². The van der Waals surface area contributed by atoms with Gasteiger partial charge < -0.3 is 15.0 Å². The van der Waals surface area contributed by atoms with Crippen LogP contribution in [0.4, 0.5) is 17.6 Å². The lowest BCUT2D eigenvalue weighted by molar-refractivity contribution is -0.137. The largest absolute Gasteiger partial charge is 0.484 e. The van der Waals surface area contributed by atoms with Gasteiger partial charge in [0.25, 0.3) is 5.91 Å². The molecule has 1 N–H and O–H groups in total. The number of amides is 1. The van der Waals surface area contributed by atoms with Crippen LogP contribution in [-0.2, 0) is 11.0 Å². The van der Waals surface area contributed by atoms with Crippen LogP contribution in [0.1, 0.15) is 17.2 Å². The van der Waals surface area contributed by atoms with Crippen molar-refractivity contribution in [2.24, 2.45) is 0 Å². The Hall–Kier alpha value is -2.61. The molecule has 0 bridgehead atoms. The highest BCUT2D eigenvalue weighted by molar-refractivity contribution is 5.77. The van der Waals surface area contributed by atoms with Crippen molar-refractivity contribution in [3.8, 4) is 5.75 Å². The van der Waals surface area contributed by atoms with E-state index in [9.17, 15) is 22.4 Å². The van der Waals surface area contributed by atoms with E-state index in [1.54, 1.807) is 26.2 Å². The predicted octanol–water partition coefficient (Wildman–Crippen LogP) is 3.64. The van der Waals surface area contributed by atoms with E-state index >= 15 is 0 Å². The van der Waals surface area contributed by atoms with Gasteiger partial charge in [0.15, 0.2) is 6.61 Å². The second-order valence-corrected chi connectivity index (χ2v) is 6.15. The molecular formula is C19H20F4N2O2. The second-order valence-electron chi connectivity index (χ2n) is 6.15. The highest BCUT2D eigenvalue weighted by atomic mass is 19.4. The van der Waals surface area contributed by atoms with Gasteiger partial charge in [0.05, 0.1) is 11.6 Å². The molecule has 8 heteroatoms. The van der Waals surface area contributed by atoms with Gasteiger partial charge in [-0.05, 0) is 50.0 Å². The van der Waals surface area contributed by atoms with Gasteiger partial charge in [-0.2, -0.15) is 13.2 Å². The first kappa shape index (κ1) is 20.7. The van der Waals surface area contributed by atoms with Gasteiger partial charge >= 0.3 is 6.18 Å². The summed E-state index contributed by atoms with van der Waals surface area (Å²) in [6, 6.07) is 10.1. The van der Waals surface area contributed by atoms with Gasteiger partial charge in [-0.3, -0.25) is 4.79 Å². The monoisotopic (exact) mass is 384 g/mol. The number of ether oxygens (including phenoxy) is 1. The maximum Gasteiger partial charge on any atom is 0.416 e. The Bertz CT molecular complexity index is 778. The molecule has 0 aliphatic rings. The van der Waals surface area contributed by atoms with Crippen molar-refractivity contribution in [3.63, 3.8) is 0 Å². The van der Waals surface area contributed by atoms with Gasteiger partial charge in [0.1, 0.15) is 11.6 Å². The third-order valence-corrected chi connectivity index (χ3v) is 3.88. The number of alkyl halides is 3. The topological polar surface area (TPSA) is 41.6 Å². The molecule has 4 nitrogen and oxygen atoms in total. The summed E-state index contributed by atoms with van der Waals surface area (Å²) < 4.78 is 56.6. The molecule has 27 heavy (non-hydrogen) atoms. The van der Waals surface area contributed by atoms with E-state index in [4.69, 9.17) is 4.74 Å². The Labute approximate surface area is 154 Å². The number of benzene rings is 2. The number of halogens is 4. The van der Waals surface area contributed by atoms with Crippen LogP contribution in [0.25, 0.3) is 0 Å². The average Bonchev–Trinajstić information content (AvgIpc) is 2.59. The Morgan fingerprint density at radius 2 is 1.85 bits per heavy atom. The zero-order chi connectivity index (χ0) is 20.0. The second kappa shape index (κ2) is 8.85. The van der Waals surface area contributed by atoms with E-state index in [2.05, 4.69) is 5.32 Å². The maximum absolute atomic E-state index is 13.4. The summed E-state index contributed by atoms with van der Waals surface area (Å²) in [6.07, 6.45) is -4.48. The quantitative estimate of drug-likeness (QED) is 0.741. The fraction of sp³-hybridized carbons (Fsp3) is 0.316. The number of hydrogen-bond donors (Lipinski definition) is 1. The van der Waals surface area contributed by atoms with Crippen LogP contribution < -0.4 is 10.1 Å². The van der Waals surface area contributed by atoms with Gasteiger partial charge in [-0.25, -0.2) is 4.39 Å². The molecule has 0 aliphatic heterocycles. The molecule has 0 radical (unpaired) electrons. The summed E-state index contributed by atoms with van der Waals surface area (Å²) in [6.45, 7) is -0.230. The molecule has 0 heterocycles. The highest BCUT2D eigenvalue weighted by Crippen LogP contribution is 2.31. The number of hydrogen-bond acceptors (Lipinski definition) is 3. The van der Waals surface area contributed by atoms with E-state index in [1.807, 2.05) is 4.90 Å².